The minimum absolute atomic E-state index is 0.0633. The highest BCUT2D eigenvalue weighted by Gasteiger charge is 2.32. The SMILES string of the molecule is O=C1C[C@@H]([C@H](NC(=O)c2cn[nH]c2-c2ccccc2F)c2cccc(Cl)c2)CN1. The lowest BCUT2D eigenvalue weighted by molar-refractivity contribution is -0.119. The lowest BCUT2D eigenvalue weighted by atomic mass is 9.91. The Kier molecular flexibility index (Phi) is 5.31. The fraction of sp³-hybridized carbons (Fsp3) is 0.190. The average molecular weight is 413 g/mol. The topological polar surface area (TPSA) is 86.9 Å². The number of rotatable bonds is 5. The first kappa shape index (κ1) is 19.1. The van der Waals surface area contributed by atoms with Gasteiger partial charge in [-0.05, 0) is 29.8 Å². The molecule has 0 unspecified atom stereocenters. The van der Waals surface area contributed by atoms with Crippen LogP contribution in [0.2, 0.25) is 5.02 Å². The van der Waals surface area contributed by atoms with Gasteiger partial charge in [-0.25, -0.2) is 4.39 Å². The van der Waals surface area contributed by atoms with Crippen LogP contribution in [-0.2, 0) is 4.79 Å². The summed E-state index contributed by atoms with van der Waals surface area (Å²) in [5.74, 6) is -1.07. The van der Waals surface area contributed by atoms with Crippen LogP contribution in [0.4, 0.5) is 4.39 Å². The standard InChI is InChI=1S/C21H18ClFN4O2/c22-14-5-3-4-12(8-14)19(13-9-18(28)24-10-13)26-21(29)16-11-25-27-20(16)15-6-1-2-7-17(15)23/h1-8,11,13,19H,9-10H2,(H,24,28)(H,25,27)(H,26,29)/t13-,19-/m1/s1. The van der Waals surface area contributed by atoms with E-state index in [2.05, 4.69) is 20.8 Å². The Morgan fingerprint density at radius 3 is 2.79 bits per heavy atom. The minimum Gasteiger partial charge on any atom is -0.356 e. The van der Waals surface area contributed by atoms with Gasteiger partial charge in [0, 0.05) is 29.5 Å². The molecule has 0 aliphatic carbocycles. The van der Waals surface area contributed by atoms with Crippen molar-refractivity contribution in [3.63, 3.8) is 0 Å². The van der Waals surface area contributed by atoms with Gasteiger partial charge in [0.1, 0.15) is 5.82 Å². The maximum Gasteiger partial charge on any atom is 0.255 e. The predicted molar refractivity (Wildman–Crippen MR) is 107 cm³/mol. The molecule has 4 rings (SSSR count). The van der Waals surface area contributed by atoms with Gasteiger partial charge in [0.05, 0.1) is 23.5 Å². The molecule has 1 aliphatic rings. The number of hydrogen-bond donors (Lipinski definition) is 3. The molecular weight excluding hydrogens is 395 g/mol. The zero-order valence-electron chi connectivity index (χ0n) is 15.3. The second-order valence-electron chi connectivity index (χ2n) is 6.91. The smallest absolute Gasteiger partial charge is 0.255 e. The summed E-state index contributed by atoms with van der Waals surface area (Å²) >= 11 is 6.13. The number of aromatic nitrogens is 2. The maximum absolute atomic E-state index is 14.2. The Morgan fingerprint density at radius 1 is 1.24 bits per heavy atom. The maximum atomic E-state index is 14.2. The molecule has 0 saturated carbocycles. The number of aromatic amines is 1. The minimum atomic E-state index is -0.456. The first-order valence-electron chi connectivity index (χ1n) is 9.14. The van der Waals surface area contributed by atoms with Crippen molar-refractivity contribution in [2.45, 2.75) is 12.5 Å². The highest BCUT2D eigenvalue weighted by molar-refractivity contribution is 6.30. The molecule has 3 N–H and O–H groups in total. The monoisotopic (exact) mass is 412 g/mol. The van der Waals surface area contributed by atoms with E-state index in [-0.39, 0.29) is 23.0 Å². The summed E-state index contributed by atoms with van der Waals surface area (Å²) in [6.45, 7) is 0.446. The van der Waals surface area contributed by atoms with Crippen molar-refractivity contribution in [3.8, 4) is 11.3 Å². The summed E-state index contributed by atoms with van der Waals surface area (Å²) in [4.78, 5) is 24.8. The van der Waals surface area contributed by atoms with Crippen molar-refractivity contribution < 1.29 is 14.0 Å². The number of carbonyl (C=O) groups excluding carboxylic acids is 2. The van der Waals surface area contributed by atoms with E-state index < -0.39 is 17.8 Å². The molecule has 0 spiro atoms. The van der Waals surface area contributed by atoms with Gasteiger partial charge in [0.25, 0.3) is 5.91 Å². The van der Waals surface area contributed by atoms with Crippen molar-refractivity contribution >= 4 is 23.4 Å². The van der Waals surface area contributed by atoms with E-state index in [0.29, 0.717) is 23.7 Å². The molecule has 2 atom stereocenters. The number of hydrogen-bond acceptors (Lipinski definition) is 3. The molecule has 8 heteroatoms. The summed E-state index contributed by atoms with van der Waals surface area (Å²) in [6, 6.07) is 12.9. The second-order valence-corrected chi connectivity index (χ2v) is 7.35. The van der Waals surface area contributed by atoms with Crippen molar-refractivity contribution in [1.29, 1.82) is 0 Å². The van der Waals surface area contributed by atoms with Crippen molar-refractivity contribution in [3.05, 3.63) is 76.7 Å². The van der Waals surface area contributed by atoms with Crippen LogP contribution in [0.5, 0.6) is 0 Å². The van der Waals surface area contributed by atoms with E-state index in [1.54, 1.807) is 36.4 Å². The molecule has 1 aromatic heterocycles. The Morgan fingerprint density at radius 2 is 2.07 bits per heavy atom. The molecule has 29 heavy (non-hydrogen) atoms. The molecule has 1 aliphatic heterocycles. The van der Waals surface area contributed by atoms with Gasteiger partial charge >= 0.3 is 0 Å². The van der Waals surface area contributed by atoms with Gasteiger partial charge in [-0.1, -0.05) is 35.9 Å². The van der Waals surface area contributed by atoms with Crippen molar-refractivity contribution in [2.75, 3.05) is 6.54 Å². The number of halogens is 2. The number of nitrogens with zero attached hydrogens (tertiary/aromatic N) is 1. The van der Waals surface area contributed by atoms with Crippen LogP contribution in [0.1, 0.15) is 28.4 Å². The normalized spacial score (nSPS) is 17.0. The molecular formula is C21H18ClFN4O2. The number of H-pyrrole nitrogens is 1. The van der Waals surface area contributed by atoms with Crippen LogP contribution in [0, 0.1) is 11.7 Å². The van der Waals surface area contributed by atoms with Gasteiger partial charge in [0.2, 0.25) is 5.91 Å². The summed E-state index contributed by atoms with van der Waals surface area (Å²) in [5, 5.41) is 12.9. The fourth-order valence-corrected chi connectivity index (χ4v) is 3.78. The Labute approximate surface area is 171 Å². The van der Waals surface area contributed by atoms with E-state index in [1.807, 2.05) is 6.07 Å². The Bertz CT molecular complexity index is 1070. The molecule has 1 saturated heterocycles. The highest BCUT2D eigenvalue weighted by Crippen LogP contribution is 2.30. The van der Waals surface area contributed by atoms with Gasteiger partial charge < -0.3 is 10.6 Å². The van der Waals surface area contributed by atoms with E-state index in [1.165, 1.54) is 12.3 Å². The molecule has 0 bridgehead atoms. The molecule has 2 aromatic carbocycles. The quantitative estimate of drug-likeness (QED) is 0.599. The first-order chi connectivity index (χ1) is 14.0. The van der Waals surface area contributed by atoms with Crippen LogP contribution in [0.15, 0.2) is 54.7 Å². The highest BCUT2D eigenvalue weighted by atomic mass is 35.5. The molecule has 0 radical (unpaired) electrons. The molecule has 3 aromatic rings. The van der Waals surface area contributed by atoms with E-state index >= 15 is 0 Å². The number of nitrogens with one attached hydrogen (secondary N) is 3. The summed E-state index contributed by atoms with van der Waals surface area (Å²) in [6.07, 6.45) is 1.66. The molecule has 2 amide bonds. The van der Waals surface area contributed by atoms with Crippen LogP contribution in [-0.4, -0.2) is 28.6 Å². The van der Waals surface area contributed by atoms with Gasteiger partial charge in [-0.3, -0.25) is 14.7 Å². The molecule has 1 fully saturated rings. The van der Waals surface area contributed by atoms with E-state index in [0.717, 1.165) is 5.56 Å². The Balaban J connectivity index is 1.65. The largest absolute Gasteiger partial charge is 0.356 e. The Hall–Kier alpha value is -3.19. The van der Waals surface area contributed by atoms with Crippen molar-refractivity contribution in [1.82, 2.24) is 20.8 Å². The van der Waals surface area contributed by atoms with E-state index in [9.17, 15) is 14.0 Å². The van der Waals surface area contributed by atoms with Crippen LogP contribution in [0.3, 0.4) is 0 Å². The van der Waals surface area contributed by atoms with E-state index in [4.69, 9.17) is 11.6 Å². The summed E-state index contributed by atoms with van der Waals surface area (Å²) in [5.41, 5.74) is 1.57. The van der Waals surface area contributed by atoms with Crippen LogP contribution >= 0.6 is 11.6 Å². The van der Waals surface area contributed by atoms with Gasteiger partial charge in [0.15, 0.2) is 0 Å². The zero-order valence-corrected chi connectivity index (χ0v) is 16.0. The molecule has 148 valence electrons. The third-order valence-electron chi connectivity index (χ3n) is 5.00. The van der Waals surface area contributed by atoms with Gasteiger partial charge in [-0.2, -0.15) is 5.10 Å². The third kappa shape index (κ3) is 4.00. The second kappa shape index (κ2) is 8.05. The van der Waals surface area contributed by atoms with Crippen molar-refractivity contribution in [2.24, 2.45) is 5.92 Å². The molecule has 6 nitrogen and oxygen atoms in total. The number of benzene rings is 2. The average Bonchev–Trinajstić information content (AvgIpc) is 3.35. The molecule has 2 heterocycles. The van der Waals surface area contributed by atoms with Gasteiger partial charge in [-0.15, -0.1) is 0 Å². The third-order valence-corrected chi connectivity index (χ3v) is 5.24. The predicted octanol–water partition coefficient (Wildman–Crippen LogP) is 3.48. The first-order valence-corrected chi connectivity index (χ1v) is 9.52. The number of amides is 2. The number of carbonyl (C=O) groups is 2. The lowest BCUT2D eigenvalue weighted by Gasteiger charge is -2.24. The lowest BCUT2D eigenvalue weighted by Crippen LogP contribution is -2.34. The summed E-state index contributed by atoms with van der Waals surface area (Å²) < 4.78 is 14.2. The zero-order chi connectivity index (χ0) is 20.4. The summed E-state index contributed by atoms with van der Waals surface area (Å²) in [7, 11) is 0. The fourth-order valence-electron chi connectivity index (χ4n) is 3.58. The van der Waals surface area contributed by atoms with Crippen LogP contribution in [0.25, 0.3) is 11.3 Å². The van der Waals surface area contributed by atoms with Crippen LogP contribution < -0.4 is 10.6 Å².